The molecule has 2 rings (SSSR count). The van der Waals surface area contributed by atoms with Gasteiger partial charge in [0.05, 0.1) is 12.1 Å². The maximum absolute atomic E-state index is 5.38. The highest BCUT2D eigenvalue weighted by molar-refractivity contribution is 7.09. The van der Waals surface area contributed by atoms with E-state index in [2.05, 4.69) is 10.3 Å². The highest BCUT2D eigenvalue weighted by Crippen LogP contribution is 2.09. The highest BCUT2D eigenvalue weighted by Gasteiger charge is 2.12. The highest BCUT2D eigenvalue weighted by atomic mass is 32.1. The van der Waals surface area contributed by atoms with Gasteiger partial charge in [0, 0.05) is 30.3 Å². The van der Waals surface area contributed by atoms with Crippen LogP contribution in [0.3, 0.4) is 0 Å². The Labute approximate surface area is 82.1 Å². The maximum Gasteiger partial charge on any atom is 0.0794 e. The zero-order valence-electron chi connectivity index (χ0n) is 7.53. The van der Waals surface area contributed by atoms with E-state index in [9.17, 15) is 0 Å². The molecule has 13 heavy (non-hydrogen) atoms. The molecule has 0 unspecified atom stereocenters. The number of thiazole rings is 1. The molecule has 1 saturated heterocycles. The van der Waals surface area contributed by atoms with Crippen molar-refractivity contribution in [3.63, 3.8) is 0 Å². The van der Waals surface area contributed by atoms with Gasteiger partial charge >= 0.3 is 0 Å². The maximum atomic E-state index is 5.38. The van der Waals surface area contributed by atoms with Crippen LogP contribution in [-0.4, -0.2) is 24.2 Å². The van der Waals surface area contributed by atoms with Crippen molar-refractivity contribution in [2.45, 2.75) is 25.4 Å². The molecule has 0 spiro atoms. The average Bonchev–Trinajstić information content (AvgIpc) is 2.69. The molecule has 1 aliphatic heterocycles. The van der Waals surface area contributed by atoms with Crippen molar-refractivity contribution < 1.29 is 4.74 Å². The van der Waals surface area contributed by atoms with E-state index >= 15 is 0 Å². The van der Waals surface area contributed by atoms with Gasteiger partial charge in [-0.25, -0.2) is 0 Å². The Hall–Kier alpha value is -0.450. The Morgan fingerprint density at radius 3 is 3.38 bits per heavy atom. The van der Waals surface area contributed by atoms with Gasteiger partial charge in [-0.15, -0.1) is 11.3 Å². The molecular formula is C9H14N2OS. The second-order valence-electron chi connectivity index (χ2n) is 3.26. The van der Waals surface area contributed by atoms with Crippen LogP contribution in [-0.2, 0) is 11.3 Å². The first-order chi connectivity index (χ1) is 6.45. The number of rotatable bonds is 3. The van der Waals surface area contributed by atoms with Crippen molar-refractivity contribution in [1.82, 2.24) is 10.3 Å². The Morgan fingerprint density at radius 1 is 1.69 bits per heavy atom. The van der Waals surface area contributed by atoms with Gasteiger partial charge in [0.2, 0.25) is 0 Å². The summed E-state index contributed by atoms with van der Waals surface area (Å²) in [5, 5.41) is 3.47. The standard InChI is InChI=1S/C9H14N2OS/c1-2-8(6-12-3-1)11-5-9-4-10-7-13-9/h4,7-8,11H,1-3,5-6H2/t8-/m0/s1. The first-order valence-electron chi connectivity index (χ1n) is 4.63. The summed E-state index contributed by atoms with van der Waals surface area (Å²) >= 11 is 1.70. The van der Waals surface area contributed by atoms with E-state index in [-0.39, 0.29) is 0 Å². The van der Waals surface area contributed by atoms with Gasteiger partial charge in [-0.3, -0.25) is 4.98 Å². The zero-order valence-corrected chi connectivity index (χ0v) is 8.35. The third kappa shape index (κ3) is 2.76. The van der Waals surface area contributed by atoms with E-state index in [4.69, 9.17) is 4.74 Å². The smallest absolute Gasteiger partial charge is 0.0794 e. The van der Waals surface area contributed by atoms with Gasteiger partial charge in [0.1, 0.15) is 0 Å². The second-order valence-corrected chi connectivity index (χ2v) is 4.23. The molecule has 0 amide bonds. The lowest BCUT2D eigenvalue weighted by Gasteiger charge is -2.22. The number of hydrogen-bond donors (Lipinski definition) is 1. The SMILES string of the molecule is c1ncc(CN[C@H]2CCCOC2)s1. The summed E-state index contributed by atoms with van der Waals surface area (Å²) in [4.78, 5) is 5.33. The summed E-state index contributed by atoms with van der Waals surface area (Å²) in [6.07, 6.45) is 4.33. The van der Waals surface area contributed by atoms with E-state index < -0.39 is 0 Å². The zero-order chi connectivity index (χ0) is 8.93. The van der Waals surface area contributed by atoms with Gasteiger partial charge in [0.25, 0.3) is 0 Å². The molecule has 72 valence electrons. The van der Waals surface area contributed by atoms with Gasteiger partial charge in [-0.05, 0) is 12.8 Å². The predicted octanol–water partition coefficient (Wildman–Crippen LogP) is 1.41. The fourth-order valence-corrected chi connectivity index (χ4v) is 2.02. The fraction of sp³-hybridized carbons (Fsp3) is 0.667. The first-order valence-corrected chi connectivity index (χ1v) is 5.51. The quantitative estimate of drug-likeness (QED) is 0.797. The summed E-state index contributed by atoms with van der Waals surface area (Å²) < 4.78 is 5.38. The third-order valence-corrected chi connectivity index (χ3v) is 2.99. The molecule has 0 bridgehead atoms. The van der Waals surface area contributed by atoms with E-state index in [1.807, 2.05) is 11.7 Å². The van der Waals surface area contributed by atoms with Crippen molar-refractivity contribution in [3.05, 3.63) is 16.6 Å². The number of ether oxygens (including phenoxy) is 1. The molecule has 1 aromatic rings. The van der Waals surface area contributed by atoms with Gasteiger partial charge in [0.15, 0.2) is 0 Å². The summed E-state index contributed by atoms with van der Waals surface area (Å²) in [5.41, 5.74) is 1.87. The molecule has 0 aromatic carbocycles. The number of aromatic nitrogens is 1. The Morgan fingerprint density at radius 2 is 2.69 bits per heavy atom. The molecule has 1 aliphatic rings. The summed E-state index contributed by atoms with van der Waals surface area (Å²) in [6, 6.07) is 0.538. The average molecular weight is 198 g/mol. The molecule has 1 N–H and O–H groups in total. The van der Waals surface area contributed by atoms with Crippen LogP contribution < -0.4 is 5.32 Å². The number of hydrogen-bond acceptors (Lipinski definition) is 4. The molecule has 0 aliphatic carbocycles. The number of nitrogens with zero attached hydrogens (tertiary/aromatic N) is 1. The molecule has 3 nitrogen and oxygen atoms in total. The lowest BCUT2D eigenvalue weighted by molar-refractivity contribution is 0.0700. The molecule has 1 aromatic heterocycles. The third-order valence-electron chi connectivity index (χ3n) is 2.21. The fourth-order valence-electron chi connectivity index (χ4n) is 1.48. The van der Waals surface area contributed by atoms with Crippen LogP contribution >= 0.6 is 11.3 Å². The molecule has 4 heteroatoms. The normalized spacial score (nSPS) is 23.2. The summed E-state index contributed by atoms with van der Waals surface area (Å²) in [7, 11) is 0. The molecule has 0 radical (unpaired) electrons. The van der Waals surface area contributed by atoms with Crippen LogP contribution in [0.2, 0.25) is 0 Å². The minimum absolute atomic E-state index is 0.538. The lowest BCUT2D eigenvalue weighted by atomic mass is 10.1. The molecule has 1 atom stereocenters. The van der Waals surface area contributed by atoms with Crippen LogP contribution in [0.4, 0.5) is 0 Å². The van der Waals surface area contributed by atoms with E-state index in [1.165, 1.54) is 17.7 Å². The topological polar surface area (TPSA) is 34.2 Å². The van der Waals surface area contributed by atoms with Crippen LogP contribution in [0.5, 0.6) is 0 Å². The molecule has 1 fully saturated rings. The predicted molar refractivity (Wildman–Crippen MR) is 52.8 cm³/mol. The Bertz CT molecular complexity index is 232. The lowest BCUT2D eigenvalue weighted by Crippen LogP contribution is -2.36. The van der Waals surface area contributed by atoms with Crippen LogP contribution in [0.25, 0.3) is 0 Å². The molecular weight excluding hydrogens is 184 g/mol. The minimum Gasteiger partial charge on any atom is -0.380 e. The molecule has 2 heterocycles. The summed E-state index contributed by atoms with van der Waals surface area (Å²) in [5.74, 6) is 0. The van der Waals surface area contributed by atoms with E-state index in [1.54, 1.807) is 11.3 Å². The summed E-state index contributed by atoms with van der Waals surface area (Å²) in [6.45, 7) is 2.72. The first kappa shape index (κ1) is 9.12. The van der Waals surface area contributed by atoms with Gasteiger partial charge < -0.3 is 10.1 Å². The van der Waals surface area contributed by atoms with Crippen molar-refractivity contribution in [3.8, 4) is 0 Å². The van der Waals surface area contributed by atoms with E-state index in [0.717, 1.165) is 19.8 Å². The van der Waals surface area contributed by atoms with Crippen LogP contribution in [0, 0.1) is 0 Å². The Balaban J connectivity index is 1.72. The largest absolute Gasteiger partial charge is 0.380 e. The van der Waals surface area contributed by atoms with Crippen LogP contribution in [0.1, 0.15) is 17.7 Å². The Kier molecular flexibility index (Phi) is 3.29. The van der Waals surface area contributed by atoms with E-state index in [0.29, 0.717) is 6.04 Å². The van der Waals surface area contributed by atoms with Crippen molar-refractivity contribution in [1.29, 1.82) is 0 Å². The van der Waals surface area contributed by atoms with Crippen molar-refractivity contribution in [2.75, 3.05) is 13.2 Å². The van der Waals surface area contributed by atoms with Crippen LogP contribution in [0.15, 0.2) is 11.7 Å². The van der Waals surface area contributed by atoms with Crippen molar-refractivity contribution in [2.24, 2.45) is 0 Å². The van der Waals surface area contributed by atoms with Gasteiger partial charge in [-0.1, -0.05) is 0 Å². The minimum atomic E-state index is 0.538. The molecule has 0 saturated carbocycles. The second kappa shape index (κ2) is 4.69. The van der Waals surface area contributed by atoms with Crippen molar-refractivity contribution >= 4 is 11.3 Å². The number of nitrogens with one attached hydrogen (secondary N) is 1. The van der Waals surface area contributed by atoms with Gasteiger partial charge in [-0.2, -0.15) is 0 Å². The monoisotopic (exact) mass is 198 g/mol.